The van der Waals surface area contributed by atoms with E-state index in [4.69, 9.17) is 0 Å². The van der Waals surface area contributed by atoms with Gasteiger partial charge >= 0.3 is 0 Å². The zero-order valence-electron chi connectivity index (χ0n) is 9.13. The van der Waals surface area contributed by atoms with E-state index in [2.05, 4.69) is 4.98 Å². The van der Waals surface area contributed by atoms with Gasteiger partial charge in [0.1, 0.15) is 0 Å². The zero-order chi connectivity index (χ0) is 11.9. The summed E-state index contributed by atoms with van der Waals surface area (Å²) >= 11 is 0. The summed E-state index contributed by atoms with van der Waals surface area (Å²) in [5, 5.41) is 10.3. The molecule has 0 fully saturated rings. The molecule has 0 bridgehead atoms. The Labute approximate surface area is 96.3 Å². The number of hydrogen-bond acceptors (Lipinski definition) is 3. The van der Waals surface area contributed by atoms with Crippen molar-refractivity contribution in [2.75, 3.05) is 12.4 Å². The molecule has 0 aromatic carbocycles. The second-order valence-electron chi connectivity index (χ2n) is 3.61. The molecular formula is C11H16NO3S. The highest BCUT2D eigenvalue weighted by molar-refractivity contribution is 7.91. The molecule has 1 rings (SSSR count). The van der Waals surface area contributed by atoms with Gasteiger partial charge < -0.3 is 0 Å². The van der Waals surface area contributed by atoms with Crippen LogP contribution in [-0.2, 0) is 14.9 Å². The molecule has 1 heterocycles. The Morgan fingerprint density at radius 2 is 1.81 bits per heavy atom. The maximum Gasteiger partial charge on any atom is 0.195 e. The van der Waals surface area contributed by atoms with Crippen LogP contribution in [0.3, 0.4) is 0 Å². The van der Waals surface area contributed by atoms with Gasteiger partial charge in [-0.15, -0.1) is 0 Å². The Balaban J connectivity index is 2.41. The van der Waals surface area contributed by atoms with E-state index in [0.29, 0.717) is 12.8 Å². The van der Waals surface area contributed by atoms with Gasteiger partial charge in [-0.1, -0.05) is 18.9 Å². The molecule has 1 aromatic rings. The number of rotatable bonds is 7. The number of unbranched alkanes of at least 4 members (excludes halogenated alkanes) is 3. The summed E-state index contributed by atoms with van der Waals surface area (Å²) in [5.74, 6) is 0.114. The van der Waals surface area contributed by atoms with Crippen LogP contribution in [0, 0.1) is 0 Å². The lowest BCUT2D eigenvalue weighted by Crippen LogP contribution is -2.08. The summed E-state index contributed by atoms with van der Waals surface area (Å²) in [5.41, 5.74) is 0. The average Bonchev–Trinajstić information content (AvgIpc) is 2.30. The SMILES string of the molecule is [O]CCCCCCS(=O)(=O)c1ccccn1. The molecule has 0 saturated carbocycles. The number of nitrogens with zero attached hydrogens (tertiary/aromatic N) is 1. The summed E-state index contributed by atoms with van der Waals surface area (Å²) in [7, 11) is -3.24. The fourth-order valence-electron chi connectivity index (χ4n) is 1.38. The van der Waals surface area contributed by atoms with Crippen molar-refractivity contribution in [3.63, 3.8) is 0 Å². The number of sulfone groups is 1. The van der Waals surface area contributed by atoms with Gasteiger partial charge in [-0.05, 0) is 25.0 Å². The maximum absolute atomic E-state index is 11.7. The fourth-order valence-corrected chi connectivity index (χ4v) is 2.68. The quantitative estimate of drug-likeness (QED) is 0.685. The third-order valence-corrected chi connectivity index (χ3v) is 3.97. The number of pyridine rings is 1. The first-order valence-corrected chi connectivity index (χ1v) is 7.04. The van der Waals surface area contributed by atoms with Crippen LogP contribution in [0.2, 0.25) is 0 Å². The van der Waals surface area contributed by atoms with Crippen LogP contribution in [0.1, 0.15) is 25.7 Å². The average molecular weight is 242 g/mol. The summed E-state index contributed by atoms with van der Waals surface area (Å²) in [6.07, 6.45) is 4.29. The smallest absolute Gasteiger partial charge is 0.195 e. The number of aromatic nitrogens is 1. The Morgan fingerprint density at radius 3 is 2.44 bits per heavy atom. The van der Waals surface area contributed by atoms with E-state index in [0.717, 1.165) is 12.8 Å². The van der Waals surface area contributed by atoms with Gasteiger partial charge in [0.25, 0.3) is 0 Å². The molecule has 5 heteroatoms. The lowest BCUT2D eigenvalue weighted by molar-refractivity contribution is 0.186. The molecule has 0 N–H and O–H groups in total. The van der Waals surface area contributed by atoms with E-state index >= 15 is 0 Å². The molecule has 0 atom stereocenters. The topological polar surface area (TPSA) is 66.9 Å². The standard InChI is InChI=1S/C11H16NO3S/c13-9-5-1-2-6-10-16(14,15)11-7-3-4-8-12-11/h3-4,7-8H,1-2,5-6,9-10H2. The predicted molar refractivity (Wildman–Crippen MR) is 60.3 cm³/mol. The number of hydrogen-bond donors (Lipinski definition) is 0. The van der Waals surface area contributed by atoms with Gasteiger partial charge in [0.15, 0.2) is 14.9 Å². The Morgan fingerprint density at radius 1 is 1.06 bits per heavy atom. The monoisotopic (exact) mass is 242 g/mol. The zero-order valence-corrected chi connectivity index (χ0v) is 9.95. The highest BCUT2D eigenvalue weighted by Gasteiger charge is 2.14. The van der Waals surface area contributed by atoms with Gasteiger partial charge in [0.05, 0.1) is 12.4 Å². The first kappa shape index (κ1) is 13.1. The first-order valence-electron chi connectivity index (χ1n) is 5.39. The van der Waals surface area contributed by atoms with Crippen molar-refractivity contribution in [2.24, 2.45) is 0 Å². The van der Waals surface area contributed by atoms with E-state index in [1.807, 2.05) is 0 Å². The first-order chi connectivity index (χ1) is 7.67. The van der Waals surface area contributed by atoms with Crippen LogP contribution < -0.4 is 0 Å². The molecule has 0 unspecified atom stereocenters. The summed E-state index contributed by atoms with van der Waals surface area (Å²) in [6, 6.07) is 4.86. The highest BCUT2D eigenvalue weighted by Crippen LogP contribution is 2.10. The van der Waals surface area contributed by atoms with E-state index in [1.54, 1.807) is 12.1 Å². The Bertz CT molecular complexity index is 389. The van der Waals surface area contributed by atoms with Gasteiger partial charge in [0, 0.05) is 6.20 Å². The van der Waals surface area contributed by atoms with Crippen LogP contribution in [0.4, 0.5) is 0 Å². The minimum Gasteiger partial charge on any atom is -0.245 e. The highest BCUT2D eigenvalue weighted by atomic mass is 32.2. The molecule has 0 spiro atoms. The van der Waals surface area contributed by atoms with Gasteiger partial charge in [0.2, 0.25) is 0 Å². The Hall–Kier alpha value is -0.940. The van der Waals surface area contributed by atoms with Crippen LogP contribution >= 0.6 is 0 Å². The normalized spacial score (nSPS) is 11.6. The minimum atomic E-state index is -3.24. The second kappa shape index (κ2) is 6.60. The lowest BCUT2D eigenvalue weighted by Gasteiger charge is -2.02. The molecule has 0 aliphatic rings. The summed E-state index contributed by atoms with van der Waals surface area (Å²) in [6.45, 7) is -0.0764. The summed E-state index contributed by atoms with van der Waals surface area (Å²) < 4.78 is 23.5. The summed E-state index contributed by atoms with van der Waals surface area (Å²) in [4.78, 5) is 3.83. The lowest BCUT2D eigenvalue weighted by atomic mass is 10.2. The van der Waals surface area contributed by atoms with E-state index in [-0.39, 0.29) is 17.4 Å². The molecule has 4 nitrogen and oxygen atoms in total. The predicted octanol–water partition coefficient (Wildman–Crippen LogP) is 1.85. The molecule has 0 aliphatic carbocycles. The third kappa shape index (κ3) is 4.28. The van der Waals surface area contributed by atoms with E-state index < -0.39 is 9.84 Å². The van der Waals surface area contributed by atoms with Gasteiger partial charge in [-0.25, -0.2) is 18.5 Å². The largest absolute Gasteiger partial charge is 0.245 e. The van der Waals surface area contributed by atoms with Gasteiger partial charge in [-0.3, -0.25) is 0 Å². The third-order valence-electron chi connectivity index (χ3n) is 2.26. The molecular weight excluding hydrogens is 226 g/mol. The van der Waals surface area contributed by atoms with Crippen molar-refractivity contribution in [1.29, 1.82) is 0 Å². The van der Waals surface area contributed by atoms with Crippen molar-refractivity contribution >= 4 is 9.84 Å². The molecule has 1 aromatic heterocycles. The molecule has 1 radical (unpaired) electrons. The van der Waals surface area contributed by atoms with Crippen molar-refractivity contribution < 1.29 is 13.5 Å². The minimum absolute atomic E-state index is 0.0764. The fraction of sp³-hybridized carbons (Fsp3) is 0.545. The molecule has 0 amide bonds. The van der Waals surface area contributed by atoms with Crippen molar-refractivity contribution in [3.8, 4) is 0 Å². The van der Waals surface area contributed by atoms with Crippen LogP contribution in [0.15, 0.2) is 29.4 Å². The van der Waals surface area contributed by atoms with Gasteiger partial charge in [-0.2, -0.15) is 0 Å². The maximum atomic E-state index is 11.7. The van der Waals surface area contributed by atoms with Crippen molar-refractivity contribution in [2.45, 2.75) is 30.7 Å². The van der Waals surface area contributed by atoms with E-state index in [9.17, 15) is 13.5 Å². The van der Waals surface area contributed by atoms with E-state index in [1.165, 1.54) is 12.3 Å². The second-order valence-corrected chi connectivity index (χ2v) is 5.66. The van der Waals surface area contributed by atoms with Crippen molar-refractivity contribution in [3.05, 3.63) is 24.4 Å². The molecule has 89 valence electrons. The van der Waals surface area contributed by atoms with Crippen LogP contribution in [0.25, 0.3) is 0 Å². The van der Waals surface area contributed by atoms with Crippen LogP contribution in [-0.4, -0.2) is 25.8 Å². The van der Waals surface area contributed by atoms with Crippen LogP contribution in [0.5, 0.6) is 0 Å². The Kier molecular flexibility index (Phi) is 5.42. The molecule has 0 saturated heterocycles. The van der Waals surface area contributed by atoms with Crippen molar-refractivity contribution in [1.82, 2.24) is 4.98 Å². The molecule has 0 aliphatic heterocycles. The molecule has 16 heavy (non-hydrogen) atoms.